The van der Waals surface area contributed by atoms with Crippen LogP contribution >= 0.6 is 0 Å². The summed E-state index contributed by atoms with van der Waals surface area (Å²) in [6.45, 7) is 5.72. The van der Waals surface area contributed by atoms with Crippen LogP contribution in [0.4, 0.5) is 0 Å². The highest BCUT2D eigenvalue weighted by molar-refractivity contribution is 5.89. The third-order valence-corrected chi connectivity index (χ3v) is 4.00. The minimum absolute atomic E-state index is 0.0257. The number of carbonyl (C=O) groups excluding carboxylic acids is 1. The van der Waals surface area contributed by atoms with E-state index in [1.165, 1.54) is 0 Å². The number of rotatable bonds is 3. The standard InChI is InChI=1S/C15H19N3O3/c1-9-11(3)20-14(17-18-16)10(2)13(9)21-15(19)12-7-5-4-6-8-12/h4-11,13-14H,1-3H3/t9-,10+,11+,13-,14?/m1/s1. The molecule has 0 bridgehead atoms. The van der Waals surface area contributed by atoms with Crippen molar-refractivity contribution in [2.75, 3.05) is 0 Å². The smallest absolute Gasteiger partial charge is 0.338 e. The van der Waals surface area contributed by atoms with E-state index in [9.17, 15) is 4.79 Å². The molecule has 1 saturated heterocycles. The van der Waals surface area contributed by atoms with Gasteiger partial charge in [-0.05, 0) is 24.6 Å². The summed E-state index contributed by atoms with van der Waals surface area (Å²) in [6.07, 6.45) is -1.11. The van der Waals surface area contributed by atoms with Gasteiger partial charge in [-0.2, -0.15) is 0 Å². The van der Waals surface area contributed by atoms with Gasteiger partial charge in [-0.25, -0.2) is 4.79 Å². The third-order valence-electron chi connectivity index (χ3n) is 4.00. The van der Waals surface area contributed by atoms with E-state index in [2.05, 4.69) is 10.0 Å². The second-order valence-electron chi connectivity index (χ2n) is 5.39. The van der Waals surface area contributed by atoms with Crippen molar-refractivity contribution in [2.45, 2.75) is 39.2 Å². The normalized spacial score (nSPS) is 32.0. The summed E-state index contributed by atoms with van der Waals surface area (Å²) in [5.74, 6) is -0.536. The third kappa shape index (κ3) is 3.35. The monoisotopic (exact) mass is 289 g/mol. The minimum atomic E-state index is -0.616. The van der Waals surface area contributed by atoms with Crippen molar-refractivity contribution in [3.05, 3.63) is 46.3 Å². The first kappa shape index (κ1) is 15.4. The van der Waals surface area contributed by atoms with E-state index in [1.54, 1.807) is 24.3 Å². The molecule has 0 aromatic heterocycles. The number of carbonyl (C=O) groups is 1. The molecule has 112 valence electrons. The molecule has 1 unspecified atom stereocenters. The lowest BCUT2D eigenvalue weighted by molar-refractivity contribution is -0.156. The Hall–Kier alpha value is -2.04. The predicted octanol–water partition coefficient (Wildman–Crippen LogP) is 3.54. The molecule has 0 radical (unpaired) electrons. The fraction of sp³-hybridized carbons (Fsp3) is 0.533. The Balaban J connectivity index is 2.16. The van der Waals surface area contributed by atoms with Crippen LogP contribution in [0.15, 0.2) is 35.4 Å². The lowest BCUT2D eigenvalue weighted by Gasteiger charge is -2.41. The first-order valence-corrected chi connectivity index (χ1v) is 7.00. The first-order valence-electron chi connectivity index (χ1n) is 7.00. The SMILES string of the molecule is C[C@H]1[C@@H](OC(=O)c2ccccc2)[C@H](C)C(N=[N+]=[N-])O[C@H]1C. The highest BCUT2D eigenvalue weighted by Crippen LogP contribution is 2.33. The number of nitrogens with zero attached hydrogens (tertiary/aromatic N) is 3. The van der Waals surface area contributed by atoms with Crippen LogP contribution in [0.5, 0.6) is 0 Å². The van der Waals surface area contributed by atoms with Crippen LogP contribution in [0, 0.1) is 11.8 Å². The van der Waals surface area contributed by atoms with E-state index < -0.39 is 6.23 Å². The van der Waals surface area contributed by atoms with Gasteiger partial charge >= 0.3 is 5.97 Å². The maximum Gasteiger partial charge on any atom is 0.338 e. The molecular weight excluding hydrogens is 270 g/mol. The zero-order chi connectivity index (χ0) is 15.4. The number of esters is 1. The highest BCUT2D eigenvalue weighted by Gasteiger charge is 2.41. The zero-order valence-electron chi connectivity index (χ0n) is 12.3. The Kier molecular flexibility index (Phi) is 4.83. The van der Waals surface area contributed by atoms with Crippen molar-refractivity contribution in [1.82, 2.24) is 0 Å². The summed E-state index contributed by atoms with van der Waals surface area (Å²) in [5.41, 5.74) is 9.12. The number of benzene rings is 1. The fourth-order valence-corrected chi connectivity index (χ4v) is 2.54. The molecule has 6 nitrogen and oxygen atoms in total. The molecule has 0 aliphatic carbocycles. The molecule has 1 fully saturated rings. The van der Waals surface area contributed by atoms with Gasteiger partial charge in [-0.1, -0.05) is 37.2 Å². The van der Waals surface area contributed by atoms with E-state index in [4.69, 9.17) is 15.0 Å². The molecule has 0 spiro atoms. The lowest BCUT2D eigenvalue weighted by atomic mass is 9.85. The summed E-state index contributed by atoms with van der Waals surface area (Å²) in [5, 5.41) is 3.65. The Morgan fingerprint density at radius 2 is 1.90 bits per heavy atom. The van der Waals surface area contributed by atoms with Crippen LogP contribution in [0.2, 0.25) is 0 Å². The summed E-state index contributed by atoms with van der Waals surface area (Å²) in [4.78, 5) is 15.0. The van der Waals surface area contributed by atoms with E-state index >= 15 is 0 Å². The molecular formula is C15H19N3O3. The number of hydrogen-bond acceptors (Lipinski definition) is 4. The van der Waals surface area contributed by atoms with E-state index in [0.29, 0.717) is 5.56 Å². The molecule has 0 saturated carbocycles. The quantitative estimate of drug-likeness (QED) is 0.369. The van der Waals surface area contributed by atoms with Crippen molar-refractivity contribution in [1.29, 1.82) is 0 Å². The molecule has 6 heteroatoms. The van der Waals surface area contributed by atoms with Crippen LogP contribution in [0.3, 0.4) is 0 Å². The molecule has 1 aliphatic heterocycles. The van der Waals surface area contributed by atoms with Crippen LogP contribution < -0.4 is 0 Å². The summed E-state index contributed by atoms with van der Waals surface area (Å²) >= 11 is 0. The van der Waals surface area contributed by atoms with Crippen molar-refractivity contribution >= 4 is 5.97 Å². The Bertz CT molecular complexity index is 542. The summed E-state index contributed by atoms with van der Waals surface area (Å²) < 4.78 is 11.3. The largest absolute Gasteiger partial charge is 0.458 e. The van der Waals surface area contributed by atoms with Crippen molar-refractivity contribution < 1.29 is 14.3 Å². The first-order chi connectivity index (χ1) is 10.0. The van der Waals surface area contributed by atoms with Crippen LogP contribution in [-0.4, -0.2) is 24.4 Å². The maximum absolute atomic E-state index is 12.2. The van der Waals surface area contributed by atoms with E-state index in [-0.39, 0.29) is 30.0 Å². The highest BCUT2D eigenvalue weighted by atomic mass is 16.6. The van der Waals surface area contributed by atoms with Gasteiger partial charge in [0.2, 0.25) is 0 Å². The average molecular weight is 289 g/mol. The molecule has 1 aromatic carbocycles. The number of hydrogen-bond donors (Lipinski definition) is 0. The molecule has 1 aliphatic rings. The predicted molar refractivity (Wildman–Crippen MR) is 77.5 cm³/mol. The Morgan fingerprint density at radius 1 is 1.24 bits per heavy atom. The van der Waals surface area contributed by atoms with Crippen molar-refractivity contribution in [3.63, 3.8) is 0 Å². The molecule has 1 aromatic rings. The summed E-state index contributed by atoms with van der Waals surface area (Å²) in [7, 11) is 0. The van der Waals surface area contributed by atoms with Gasteiger partial charge in [-0.3, -0.25) is 0 Å². The van der Waals surface area contributed by atoms with Crippen molar-refractivity contribution in [3.8, 4) is 0 Å². The Labute approximate surface area is 123 Å². The molecule has 5 atom stereocenters. The van der Waals surface area contributed by atoms with Gasteiger partial charge < -0.3 is 9.47 Å². The van der Waals surface area contributed by atoms with Crippen LogP contribution in [-0.2, 0) is 9.47 Å². The van der Waals surface area contributed by atoms with Gasteiger partial charge in [0.15, 0.2) is 0 Å². The molecule has 0 amide bonds. The van der Waals surface area contributed by atoms with Crippen LogP contribution in [0.1, 0.15) is 31.1 Å². The van der Waals surface area contributed by atoms with Crippen LogP contribution in [0.25, 0.3) is 10.4 Å². The van der Waals surface area contributed by atoms with Gasteiger partial charge in [0.05, 0.1) is 11.7 Å². The summed E-state index contributed by atoms with van der Waals surface area (Å²) in [6, 6.07) is 8.85. The van der Waals surface area contributed by atoms with Gasteiger partial charge in [0.25, 0.3) is 0 Å². The van der Waals surface area contributed by atoms with Gasteiger partial charge in [0, 0.05) is 16.7 Å². The Morgan fingerprint density at radius 3 is 2.52 bits per heavy atom. The second kappa shape index (κ2) is 6.61. The average Bonchev–Trinajstić information content (AvgIpc) is 2.50. The number of ether oxygens (including phenoxy) is 2. The number of azide groups is 1. The molecule has 0 N–H and O–H groups in total. The van der Waals surface area contributed by atoms with E-state index in [0.717, 1.165) is 0 Å². The fourth-order valence-electron chi connectivity index (χ4n) is 2.54. The maximum atomic E-state index is 12.2. The molecule has 1 heterocycles. The zero-order valence-corrected chi connectivity index (χ0v) is 12.3. The second-order valence-corrected chi connectivity index (χ2v) is 5.39. The lowest BCUT2D eigenvalue weighted by Crippen LogP contribution is -2.49. The molecule has 2 rings (SSSR count). The minimum Gasteiger partial charge on any atom is -0.458 e. The van der Waals surface area contributed by atoms with Gasteiger partial charge in [0.1, 0.15) is 12.3 Å². The topological polar surface area (TPSA) is 84.3 Å². The van der Waals surface area contributed by atoms with Gasteiger partial charge in [-0.15, -0.1) is 0 Å². The van der Waals surface area contributed by atoms with Crippen molar-refractivity contribution in [2.24, 2.45) is 17.0 Å². The van der Waals surface area contributed by atoms with E-state index in [1.807, 2.05) is 26.8 Å². The molecule has 21 heavy (non-hydrogen) atoms.